The average Bonchev–Trinajstić information content (AvgIpc) is 3.20. The molecule has 0 saturated heterocycles. The van der Waals surface area contributed by atoms with Gasteiger partial charge in [0.2, 0.25) is 0 Å². The van der Waals surface area contributed by atoms with Crippen LogP contribution in [0.2, 0.25) is 0 Å². The number of nitrogens with zero attached hydrogens (tertiary/aromatic N) is 1. The van der Waals surface area contributed by atoms with Crippen LogP contribution in [0.1, 0.15) is 36.8 Å². The van der Waals surface area contributed by atoms with E-state index < -0.39 is 5.41 Å². The molecule has 4 nitrogen and oxygen atoms in total. The largest absolute Gasteiger partial charge is 0.493 e. The van der Waals surface area contributed by atoms with Gasteiger partial charge in [-0.1, -0.05) is 36.4 Å². The molecule has 1 fully saturated rings. The first-order valence-electron chi connectivity index (χ1n) is 9.12. The highest BCUT2D eigenvalue weighted by molar-refractivity contribution is 5.48. The van der Waals surface area contributed by atoms with Gasteiger partial charge in [-0.15, -0.1) is 0 Å². The molecule has 0 radical (unpaired) electrons. The van der Waals surface area contributed by atoms with Crippen molar-refractivity contribution in [3.8, 4) is 17.6 Å². The van der Waals surface area contributed by atoms with Crippen LogP contribution in [0.25, 0.3) is 0 Å². The van der Waals surface area contributed by atoms with Gasteiger partial charge >= 0.3 is 0 Å². The molecule has 1 atom stereocenters. The molecule has 1 aliphatic carbocycles. The number of hydrogen-bond donors (Lipinski definition) is 1. The van der Waals surface area contributed by atoms with Crippen LogP contribution in [0.5, 0.6) is 11.5 Å². The molecule has 0 heterocycles. The van der Waals surface area contributed by atoms with Crippen LogP contribution in [0.15, 0.2) is 48.5 Å². The number of hydrogen-bond acceptors (Lipinski definition) is 4. The second-order valence-corrected chi connectivity index (χ2v) is 6.90. The molecule has 3 rings (SSSR count). The van der Waals surface area contributed by atoms with E-state index in [9.17, 15) is 10.4 Å². The first-order chi connectivity index (χ1) is 12.7. The Hall–Kier alpha value is -2.51. The number of nitriles is 1. The Balaban J connectivity index is 1.94. The van der Waals surface area contributed by atoms with Gasteiger partial charge in [-0.3, -0.25) is 0 Å². The molecule has 0 bridgehead atoms. The minimum absolute atomic E-state index is 0.193. The number of methoxy groups -OCH3 is 1. The van der Waals surface area contributed by atoms with E-state index >= 15 is 0 Å². The average molecular weight is 351 g/mol. The van der Waals surface area contributed by atoms with E-state index in [1.165, 1.54) is 12.8 Å². The Labute approximate surface area is 155 Å². The fourth-order valence-corrected chi connectivity index (χ4v) is 3.59. The molecule has 0 spiro atoms. The van der Waals surface area contributed by atoms with Crippen molar-refractivity contribution in [1.82, 2.24) is 0 Å². The molecule has 2 aromatic rings. The van der Waals surface area contributed by atoms with Crippen molar-refractivity contribution in [3.63, 3.8) is 0 Å². The molecule has 26 heavy (non-hydrogen) atoms. The van der Waals surface area contributed by atoms with Crippen LogP contribution >= 0.6 is 0 Å². The molecule has 136 valence electrons. The van der Waals surface area contributed by atoms with Gasteiger partial charge in [-0.25, -0.2) is 0 Å². The molecule has 1 saturated carbocycles. The van der Waals surface area contributed by atoms with Crippen molar-refractivity contribution in [2.24, 2.45) is 0 Å². The summed E-state index contributed by atoms with van der Waals surface area (Å²) in [5.74, 6) is 1.31. The fourth-order valence-electron chi connectivity index (χ4n) is 3.59. The lowest BCUT2D eigenvalue weighted by molar-refractivity contribution is 0.198. The van der Waals surface area contributed by atoms with Gasteiger partial charge in [-0.2, -0.15) is 5.26 Å². The Kier molecular flexibility index (Phi) is 5.80. The molecule has 1 N–H and O–H groups in total. The van der Waals surface area contributed by atoms with Gasteiger partial charge in [0, 0.05) is 0 Å². The predicted octanol–water partition coefficient (Wildman–Crippen LogP) is 4.01. The lowest BCUT2D eigenvalue weighted by Crippen LogP contribution is -2.31. The summed E-state index contributed by atoms with van der Waals surface area (Å²) in [5, 5.41) is 20.0. The standard InChI is InChI=1S/C22H25NO3/c1-25-20-12-11-18(13-21(20)26-19-9-5-6-10-19)22(15-23,16-24)14-17-7-3-2-4-8-17/h2-4,7-8,11-13,19,24H,5-6,9-10,14,16H2,1H3. The van der Waals surface area contributed by atoms with E-state index in [0.717, 1.165) is 24.0 Å². The highest BCUT2D eigenvalue weighted by atomic mass is 16.5. The van der Waals surface area contributed by atoms with Gasteiger partial charge < -0.3 is 14.6 Å². The summed E-state index contributed by atoms with van der Waals surface area (Å²) in [6, 6.07) is 17.7. The smallest absolute Gasteiger partial charge is 0.161 e. The van der Waals surface area contributed by atoms with Crippen molar-refractivity contribution in [2.45, 2.75) is 43.6 Å². The first kappa shape index (κ1) is 18.3. The normalized spacial score (nSPS) is 16.7. The summed E-state index contributed by atoms with van der Waals surface area (Å²) in [7, 11) is 1.62. The molecule has 0 amide bonds. The zero-order chi connectivity index (χ0) is 18.4. The Morgan fingerprint density at radius 2 is 1.85 bits per heavy atom. The van der Waals surface area contributed by atoms with Gasteiger partial charge in [-0.05, 0) is 55.4 Å². The summed E-state index contributed by atoms with van der Waals surface area (Å²) in [6.07, 6.45) is 5.08. The van der Waals surface area contributed by atoms with Gasteiger partial charge in [0.05, 0.1) is 25.9 Å². The summed E-state index contributed by atoms with van der Waals surface area (Å²) >= 11 is 0. The third-order valence-corrected chi connectivity index (χ3v) is 5.14. The van der Waals surface area contributed by atoms with Crippen molar-refractivity contribution < 1.29 is 14.6 Å². The molecule has 0 aromatic heterocycles. The van der Waals surface area contributed by atoms with Crippen molar-refractivity contribution >= 4 is 0 Å². The van der Waals surface area contributed by atoms with E-state index in [-0.39, 0.29) is 12.7 Å². The number of aliphatic hydroxyl groups excluding tert-OH is 1. The van der Waals surface area contributed by atoms with Crippen LogP contribution in [0.4, 0.5) is 0 Å². The van der Waals surface area contributed by atoms with Crippen molar-refractivity contribution in [3.05, 3.63) is 59.7 Å². The second kappa shape index (κ2) is 8.25. The Morgan fingerprint density at radius 3 is 2.46 bits per heavy atom. The topological polar surface area (TPSA) is 62.5 Å². The summed E-state index contributed by atoms with van der Waals surface area (Å²) in [4.78, 5) is 0. The van der Waals surface area contributed by atoms with Crippen LogP contribution in [0.3, 0.4) is 0 Å². The number of ether oxygens (including phenoxy) is 2. The summed E-state index contributed by atoms with van der Waals surface area (Å²) < 4.78 is 11.6. The quantitative estimate of drug-likeness (QED) is 0.818. The van der Waals surface area contributed by atoms with Crippen LogP contribution in [0, 0.1) is 11.3 Å². The van der Waals surface area contributed by atoms with Crippen LogP contribution in [-0.2, 0) is 11.8 Å². The van der Waals surface area contributed by atoms with E-state index in [2.05, 4.69) is 6.07 Å². The van der Waals surface area contributed by atoms with Gasteiger partial charge in [0.25, 0.3) is 0 Å². The summed E-state index contributed by atoms with van der Waals surface area (Å²) in [6.45, 7) is -0.256. The third kappa shape index (κ3) is 3.84. The molecule has 4 heteroatoms. The van der Waals surface area contributed by atoms with E-state index in [0.29, 0.717) is 17.9 Å². The minimum Gasteiger partial charge on any atom is -0.493 e. The third-order valence-electron chi connectivity index (χ3n) is 5.14. The fraction of sp³-hybridized carbons (Fsp3) is 0.409. The van der Waals surface area contributed by atoms with Crippen molar-refractivity contribution in [2.75, 3.05) is 13.7 Å². The van der Waals surface area contributed by atoms with Crippen molar-refractivity contribution in [1.29, 1.82) is 5.26 Å². The molecular formula is C22H25NO3. The highest BCUT2D eigenvalue weighted by Crippen LogP contribution is 2.37. The monoisotopic (exact) mass is 351 g/mol. The zero-order valence-corrected chi connectivity index (χ0v) is 15.1. The molecule has 1 unspecified atom stereocenters. The molecule has 1 aliphatic rings. The molecule has 2 aromatic carbocycles. The molecular weight excluding hydrogens is 326 g/mol. The van der Waals surface area contributed by atoms with Gasteiger partial charge in [0.15, 0.2) is 11.5 Å². The number of aliphatic hydroxyl groups is 1. The maximum atomic E-state index is 10.1. The predicted molar refractivity (Wildman–Crippen MR) is 100 cm³/mol. The van der Waals surface area contributed by atoms with Crippen LogP contribution in [-0.4, -0.2) is 24.9 Å². The zero-order valence-electron chi connectivity index (χ0n) is 15.1. The van der Waals surface area contributed by atoms with Gasteiger partial charge in [0.1, 0.15) is 5.41 Å². The Bertz CT molecular complexity index is 763. The number of benzene rings is 2. The van der Waals surface area contributed by atoms with Crippen LogP contribution < -0.4 is 9.47 Å². The molecule has 0 aliphatic heterocycles. The first-order valence-corrected chi connectivity index (χ1v) is 9.12. The SMILES string of the molecule is COc1ccc(C(C#N)(CO)Cc2ccccc2)cc1OC1CCCC1. The summed E-state index contributed by atoms with van der Waals surface area (Å²) in [5.41, 5.74) is 0.749. The minimum atomic E-state index is -1.01. The van der Waals surface area contributed by atoms with E-state index in [4.69, 9.17) is 9.47 Å². The maximum absolute atomic E-state index is 10.1. The highest BCUT2D eigenvalue weighted by Gasteiger charge is 2.33. The Morgan fingerprint density at radius 1 is 1.12 bits per heavy atom. The maximum Gasteiger partial charge on any atom is 0.161 e. The lowest BCUT2D eigenvalue weighted by atomic mass is 9.77. The van der Waals surface area contributed by atoms with E-state index in [1.54, 1.807) is 7.11 Å². The number of rotatable bonds is 7. The van der Waals surface area contributed by atoms with E-state index in [1.807, 2.05) is 48.5 Å². The lowest BCUT2D eigenvalue weighted by Gasteiger charge is -2.26. The second-order valence-electron chi connectivity index (χ2n) is 6.90.